The number of hydrogen-bond acceptors (Lipinski definition) is 2. The fourth-order valence-corrected chi connectivity index (χ4v) is 2.36. The molecule has 2 nitrogen and oxygen atoms in total. The Labute approximate surface area is 104 Å². The third-order valence-electron chi connectivity index (χ3n) is 2.60. The fourth-order valence-electron chi connectivity index (χ4n) is 1.54. The van der Waals surface area contributed by atoms with E-state index in [-0.39, 0.29) is 0 Å². The van der Waals surface area contributed by atoms with Gasteiger partial charge in [-0.25, -0.2) is 9.97 Å². The average Bonchev–Trinajstić information content (AvgIpc) is 2.94. The van der Waals surface area contributed by atoms with Gasteiger partial charge in [-0.15, -0.1) is 0 Å². The molecule has 1 heterocycles. The highest BCUT2D eigenvalue weighted by molar-refractivity contribution is 9.10. The van der Waals surface area contributed by atoms with Crippen molar-refractivity contribution >= 4 is 27.5 Å². The Morgan fingerprint density at radius 1 is 1.40 bits per heavy atom. The molecule has 0 radical (unpaired) electrons. The minimum Gasteiger partial charge on any atom is -0.236 e. The van der Waals surface area contributed by atoms with E-state index >= 15 is 0 Å². The van der Waals surface area contributed by atoms with Crippen LogP contribution in [0.15, 0.2) is 4.47 Å². The maximum Gasteiger partial charge on any atom is 0.147 e. The Balaban J connectivity index is 2.31. The van der Waals surface area contributed by atoms with Gasteiger partial charge < -0.3 is 0 Å². The lowest BCUT2D eigenvalue weighted by Crippen LogP contribution is -2.04. The standard InChI is InChI=1S/C11H14BrClN2/c1-6(2)10-9(12)11(13)15-8(14-10)5-7-3-4-7/h6-7H,3-5H2,1-2H3. The second-order valence-electron chi connectivity index (χ2n) is 4.43. The van der Waals surface area contributed by atoms with Gasteiger partial charge in [-0.05, 0) is 40.6 Å². The van der Waals surface area contributed by atoms with Crippen LogP contribution in [0.5, 0.6) is 0 Å². The molecule has 1 aromatic heterocycles. The summed E-state index contributed by atoms with van der Waals surface area (Å²) in [6.45, 7) is 4.23. The zero-order chi connectivity index (χ0) is 11.0. The van der Waals surface area contributed by atoms with Crippen molar-refractivity contribution in [2.75, 3.05) is 0 Å². The zero-order valence-electron chi connectivity index (χ0n) is 8.93. The number of aromatic nitrogens is 2. The molecule has 4 heteroatoms. The Morgan fingerprint density at radius 2 is 2.07 bits per heavy atom. The highest BCUT2D eigenvalue weighted by Gasteiger charge is 2.24. The van der Waals surface area contributed by atoms with Crippen LogP contribution in [0.4, 0.5) is 0 Å². The monoisotopic (exact) mass is 288 g/mol. The van der Waals surface area contributed by atoms with Gasteiger partial charge in [0.2, 0.25) is 0 Å². The minimum atomic E-state index is 0.373. The Morgan fingerprint density at radius 3 is 2.60 bits per heavy atom. The van der Waals surface area contributed by atoms with Gasteiger partial charge >= 0.3 is 0 Å². The molecule has 0 saturated heterocycles. The first kappa shape index (κ1) is 11.3. The van der Waals surface area contributed by atoms with Crippen LogP contribution in [0.2, 0.25) is 5.15 Å². The summed E-state index contributed by atoms with van der Waals surface area (Å²) in [5.41, 5.74) is 1.02. The van der Waals surface area contributed by atoms with Crippen LogP contribution >= 0.6 is 27.5 Å². The predicted octanol–water partition coefficient (Wildman–Crippen LogP) is 3.97. The average molecular weight is 290 g/mol. The van der Waals surface area contributed by atoms with Crippen molar-refractivity contribution in [1.29, 1.82) is 0 Å². The first-order valence-electron chi connectivity index (χ1n) is 5.29. The lowest BCUT2D eigenvalue weighted by atomic mass is 10.1. The maximum atomic E-state index is 6.07. The zero-order valence-corrected chi connectivity index (χ0v) is 11.3. The van der Waals surface area contributed by atoms with Crippen molar-refractivity contribution < 1.29 is 0 Å². The summed E-state index contributed by atoms with van der Waals surface area (Å²) in [5, 5.41) is 0.546. The van der Waals surface area contributed by atoms with E-state index in [2.05, 4.69) is 39.7 Å². The molecule has 1 aromatic rings. The maximum absolute atomic E-state index is 6.07. The summed E-state index contributed by atoms with van der Waals surface area (Å²) in [4.78, 5) is 8.87. The predicted molar refractivity (Wildman–Crippen MR) is 65.3 cm³/mol. The van der Waals surface area contributed by atoms with Crippen LogP contribution in [0.1, 0.15) is 44.1 Å². The van der Waals surface area contributed by atoms with Gasteiger partial charge in [0.25, 0.3) is 0 Å². The lowest BCUT2D eigenvalue weighted by Gasteiger charge is -2.10. The van der Waals surface area contributed by atoms with Crippen molar-refractivity contribution in [3.8, 4) is 0 Å². The van der Waals surface area contributed by atoms with E-state index in [1.807, 2.05) is 0 Å². The van der Waals surface area contributed by atoms with Gasteiger partial charge in [0.1, 0.15) is 11.0 Å². The Bertz CT molecular complexity index is 375. The normalized spacial score (nSPS) is 16.1. The smallest absolute Gasteiger partial charge is 0.147 e. The van der Waals surface area contributed by atoms with Crippen molar-refractivity contribution in [2.45, 2.75) is 39.0 Å². The van der Waals surface area contributed by atoms with Crippen molar-refractivity contribution in [3.05, 3.63) is 21.1 Å². The summed E-state index contributed by atoms with van der Waals surface area (Å²) in [6.07, 6.45) is 3.61. The molecule has 0 atom stereocenters. The Hall–Kier alpha value is -0.150. The van der Waals surface area contributed by atoms with Gasteiger partial charge in [-0.2, -0.15) is 0 Å². The molecule has 0 unspecified atom stereocenters. The first-order valence-corrected chi connectivity index (χ1v) is 6.47. The molecule has 1 fully saturated rings. The van der Waals surface area contributed by atoms with Crippen molar-refractivity contribution in [1.82, 2.24) is 9.97 Å². The van der Waals surface area contributed by atoms with Crippen LogP contribution in [0.3, 0.4) is 0 Å². The lowest BCUT2D eigenvalue weighted by molar-refractivity contribution is 0.728. The number of nitrogens with zero attached hydrogens (tertiary/aromatic N) is 2. The van der Waals surface area contributed by atoms with E-state index in [0.717, 1.165) is 28.3 Å². The summed E-state index contributed by atoms with van der Waals surface area (Å²) < 4.78 is 0.846. The summed E-state index contributed by atoms with van der Waals surface area (Å²) in [6, 6.07) is 0. The summed E-state index contributed by atoms with van der Waals surface area (Å²) in [5.74, 6) is 2.06. The largest absolute Gasteiger partial charge is 0.236 e. The van der Waals surface area contributed by atoms with Gasteiger partial charge in [-0.1, -0.05) is 25.4 Å². The summed E-state index contributed by atoms with van der Waals surface area (Å²) >= 11 is 9.51. The number of hydrogen-bond donors (Lipinski definition) is 0. The Kier molecular flexibility index (Phi) is 3.31. The number of rotatable bonds is 3. The third kappa shape index (κ3) is 2.70. The second-order valence-corrected chi connectivity index (χ2v) is 5.58. The van der Waals surface area contributed by atoms with Crippen LogP contribution < -0.4 is 0 Å². The quantitative estimate of drug-likeness (QED) is 0.787. The van der Waals surface area contributed by atoms with E-state index in [9.17, 15) is 0 Å². The molecular weight excluding hydrogens is 275 g/mol. The van der Waals surface area contributed by atoms with Crippen molar-refractivity contribution in [2.24, 2.45) is 5.92 Å². The van der Waals surface area contributed by atoms with Crippen LogP contribution in [0, 0.1) is 5.92 Å². The molecule has 0 aliphatic heterocycles. The molecule has 0 bridgehead atoms. The molecule has 0 N–H and O–H groups in total. The van der Waals surface area contributed by atoms with Gasteiger partial charge in [0, 0.05) is 6.42 Å². The fraction of sp³-hybridized carbons (Fsp3) is 0.636. The van der Waals surface area contributed by atoms with Gasteiger partial charge in [0.15, 0.2) is 0 Å². The van der Waals surface area contributed by atoms with E-state index in [1.54, 1.807) is 0 Å². The van der Waals surface area contributed by atoms with E-state index in [1.165, 1.54) is 12.8 Å². The van der Waals surface area contributed by atoms with Gasteiger partial charge in [0.05, 0.1) is 10.2 Å². The molecule has 1 aliphatic carbocycles. The minimum absolute atomic E-state index is 0.373. The molecule has 82 valence electrons. The van der Waals surface area contributed by atoms with E-state index in [0.29, 0.717) is 11.1 Å². The second kappa shape index (κ2) is 4.38. The van der Waals surface area contributed by atoms with Crippen LogP contribution in [0.25, 0.3) is 0 Å². The number of halogens is 2. The highest BCUT2D eigenvalue weighted by atomic mass is 79.9. The molecular formula is C11H14BrClN2. The third-order valence-corrected chi connectivity index (χ3v) is 3.88. The topological polar surface area (TPSA) is 25.8 Å². The molecule has 0 amide bonds. The van der Waals surface area contributed by atoms with E-state index in [4.69, 9.17) is 11.6 Å². The van der Waals surface area contributed by atoms with E-state index < -0.39 is 0 Å². The molecule has 15 heavy (non-hydrogen) atoms. The van der Waals surface area contributed by atoms with Crippen molar-refractivity contribution in [3.63, 3.8) is 0 Å². The molecule has 0 aromatic carbocycles. The molecule has 1 saturated carbocycles. The van der Waals surface area contributed by atoms with Crippen LogP contribution in [-0.4, -0.2) is 9.97 Å². The first-order chi connectivity index (χ1) is 7.08. The summed E-state index contributed by atoms with van der Waals surface area (Å²) in [7, 11) is 0. The molecule has 1 aliphatic rings. The van der Waals surface area contributed by atoms with Crippen LogP contribution in [-0.2, 0) is 6.42 Å². The molecule has 2 rings (SSSR count). The molecule has 0 spiro atoms. The highest BCUT2D eigenvalue weighted by Crippen LogP contribution is 2.34. The SMILES string of the molecule is CC(C)c1nc(CC2CC2)nc(Cl)c1Br. The van der Waals surface area contributed by atoms with Gasteiger partial charge in [-0.3, -0.25) is 0 Å².